The Morgan fingerprint density at radius 3 is 2.41 bits per heavy atom. The van der Waals surface area contributed by atoms with Crippen molar-refractivity contribution in [1.82, 2.24) is 5.32 Å². The van der Waals surface area contributed by atoms with E-state index in [0.717, 1.165) is 21.9 Å². The number of rotatable bonds is 9. The van der Waals surface area contributed by atoms with Crippen LogP contribution in [0.1, 0.15) is 56.4 Å². The van der Waals surface area contributed by atoms with Crippen molar-refractivity contribution in [2.24, 2.45) is 5.41 Å². The summed E-state index contributed by atoms with van der Waals surface area (Å²) in [6, 6.07) is 18.0. The molecule has 4 rings (SSSR count). The van der Waals surface area contributed by atoms with E-state index in [2.05, 4.69) is 5.32 Å². The second kappa shape index (κ2) is 12.5. The number of aliphatic carboxylic acids is 2. The van der Waals surface area contributed by atoms with Crippen molar-refractivity contribution in [3.63, 3.8) is 0 Å². The maximum Gasteiger partial charge on any atom is 0.326 e. The van der Waals surface area contributed by atoms with Crippen LogP contribution in [-0.2, 0) is 19.2 Å². The minimum Gasteiger partial charge on any atom is -0.481 e. The zero-order valence-electron chi connectivity index (χ0n) is 23.1. The van der Waals surface area contributed by atoms with Gasteiger partial charge in [0.1, 0.15) is 6.04 Å². The highest BCUT2D eigenvalue weighted by atomic mass is 35.5. The number of hydrogen-bond donors (Lipinski definition) is 3. The van der Waals surface area contributed by atoms with Gasteiger partial charge in [-0.3, -0.25) is 14.4 Å². The third kappa shape index (κ3) is 7.40. The molecule has 1 heterocycles. The monoisotopic (exact) mass is 596 g/mol. The fraction of sp³-hybridized carbons (Fsp3) is 0.355. The zero-order chi connectivity index (χ0) is 29.9. The zero-order valence-corrected chi connectivity index (χ0v) is 24.7. The summed E-state index contributed by atoms with van der Waals surface area (Å²) in [6.07, 6.45) is -0.947. The second-order valence-electron chi connectivity index (χ2n) is 11.4. The van der Waals surface area contributed by atoms with Gasteiger partial charge in [0.15, 0.2) is 0 Å². The number of carbonyl (C=O) groups excluding carboxylic acids is 2. The minimum absolute atomic E-state index is 0.260. The summed E-state index contributed by atoms with van der Waals surface area (Å²) in [5, 5.41) is 22.3. The highest BCUT2D eigenvalue weighted by Gasteiger charge is 2.39. The summed E-state index contributed by atoms with van der Waals surface area (Å²) < 4.78 is 0. The number of fused-ring (bicyclic) bond motifs is 2. The van der Waals surface area contributed by atoms with E-state index in [1.165, 1.54) is 11.8 Å². The van der Waals surface area contributed by atoms with Crippen LogP contribution < -0.4 is 10.2 Å². The molecule has 2 amide bonds. The van der Waals surface area contributed by atoms with Crippen LogP contribution in [0.15, 0.2) is 60.7 Å². The second-order valence-corrected chi connectivity index (χ2v) is 13.1. The maximum absolute atomic E-state index is 14.2. The van der Waals surface area contributed by atoms with E-state index >= 15 is 0 Å². The van der Waals surface area contributed by atoms with Gasteiger partial charge in [0, 0.05) is 30.1 Å². The van der Waals surface area contributed by atoms with Gasteiger partial charge in [-0.25, -0.2) is 4.79 Å². The number of thioether (sulfide) groups is 1. The Balaban J connectivity index is 1.78. The first-order valence-electron chi connectivity index (χ1n) is 13.3. The lowest BCUT2D eigenvalue weighted by Crippen LogP contribution is -2.46. The largest absolute Gasteiger partial charge is 0.481 e. The van der Waals surface area contributed by atoms with Gasteiger partial charge in [-0.15, -0.1) is 11.8 Å². The third-order valence-corrected chi connectivity index (χ3v) is 8.51. The quantitative estimate of drug-likeness (QED) is 0.281. The number of nitrogens with zero attached hydrogens (tertiary/aromatic N) is 1. The smallest absolute Gasteiger partial charge is 0.326 e. The van der Waals surface area contributed by atoms with Crippen LogP contribution in [0, 0.1) is 5.41 Å². The molecule has 10 heteroatoms. The molecule has 3 N–H and O–H groups in total. The predicted molar refractivity (Wildman–Crippen MR) is 161 cm³/mol. The van der Waals surface area contributed by atoms with Gasteiger partial charge in [0.05, 0.1) is 10.5 Å². The lowest BCUT2D eigenvalue weighted by molar-refractivity contribution is -0.143. The Labute approximate surface area is 248 Å². The van der Waals surface area contributed by atoms with E-state index in [0.29, 0.717) is 17.3 Å². The van der Waals surface area contributed by atoms with Crippen molar-refractivity contribution < 1.29 is 29.4 Å². The average Bonchev–Trinajstić information content (AvgIpc) is 3.00. The van der Waals surface area contributed by atoms with Gasteiger partial charge >= 0.3 is 11.9 Å². The molecule has 0 fully saturated rings. The molecule has 0 aliphatic carbocycles. The molecule has 0 radical (unpaired) electrons. The highest BCUT2D eigenvalue weighted by Crippen LogP contribution is 2.49. The molecule has 0 aromatic heterocycles. The number of nitrogens with one attached hydrogen (secondary N) is 1. The van der Waals surface area contributed by atoms with E-state index in [1.54, 1.807) is 11.0 Å². The molecule has 3 atom stereocenters. The fourth-order valence-electron chi connectivity index (χ4n) is 5.01. The molecule has 41 heavy (non-hydrogen) atoms. The lowest BCUT2D eigenvalue weighted by atomic mass is 9.93. The van der Waals surface area contributed by atoms with Crippen molar-refractivity contribution >= 4 is 63.6 Å². The van der Waals surface area contributed by atoms with E-state index < -0.39 is 35.6 Å². The van der Waals surface area contributed by atoms with E-state index in [1.807, 2.05) is 75.4 Å². The number of carbonyl (C=O) groups is 4. The van der Waals surface area contributed by atoms with Gasteiger partial charge in [-0.2, -0.15) is 0 Å². The molecule has 0 bridgehead atoms. The van der Waals surface area contributed by atoms with Crippen molar-refractivity contribution in [3.8, 4) is 0 Å². The Morgan fingerprint density at radius 2 is 1.73 bits per heavy atom. The van der Waals surface area contributed by atoms with Crippen molar-refractivity contribution in [2.45, 2.75) is 56.6 Å². The van der Waals surface area contributed by atoms with Crippen LogP contribution in [0.2, 0.25) is 5.02 Å². The molecule has 0 saturated carbocycles. The molecule has 0 unspecified atom stereocenters. The molecule has 1 aliphatic rings. The molecular formula is C31H33ClN2O6S. The number of carboxylic acids is 2. The Kier molecular flexibility index (Phi) is 9.29. The van der Waals surface area contributed by atoms with Crippen molar-refractivity contribution in [2.75, 3.05) is 11.4 Å². The number of hydrogen-bond acceptors (Lipinski definition) is 5. The van der Waals surface area contributed by atoms with Crippen molar-refractivity contribution in [3.05, 3.63) is 76.8 Å². The van der Waals surface area contributed by atoms with Crippen LogP contribution >= 0.6 is 23.4 Å². The van der Waals surface area contributed by atoms with Gasteiger partial charge < -0.3 is 20.4 Å². The molecule has 3 aromatic rings. The predicted octanol–water partition coefficient (Wildman–Crippen LogP) is 5.90. The summed E-state index contributed by atoms with van der Waals surface area (Å²) in [7, 11) is 0. The van der Waals surface area contributed by atoms with Crippen LogP contribution in [0.3, 0.4) is 0 Å². The van der Waals surface area contributed by atoms with Gasteiger partial charge in [0.2, 0.25) is 11.8 Å². The fourth-order valence-corrected chi connectivity index (χ4v) is 6.70. The van der Waals surface area contributed by atoms with E-state index in [-0.39, 0.29) is 29.4 Å². The Morgan fingerprint density at radius 1 is 1.02 bits per heavy atom. The number of anilines is 1. The molecule has 8 nitrogen and oxygen atoms in total. The number of halogens is 1. The third-order valence-electron chi connectivity index (χ3n) is 6.79. The topological polar surface area (TPSA) is 124 Å². The molecule has 0 saturated heterocycles. The van der Waals surface area contributed by atoms with E-state index in [9.17, 15) is 24.3 Å². The van der Waals surface area contributed by atoms with Crippen LogP contribution in [0.5, 0.6) is 0 Å². The first-order chi connectivity index (χ1) is 19.3. The van der Waals surface area contributed by atoms with E-state index in [4.69, 9.17) is 16.7 Å². The highest BCUT2D eigenvalue weighted by molar-refractivity contribution is 8.01. The normalized spacial score (nSPS) is 18.0. The number of benzene rings is 3. The molecule has 3 aromatic carbocycles. The van der Waals surface area contributed by atoms with Crippen LogP contribution in [0.4, 0.5) is 5.69 Å². The molecular weight excluding hydrogens is 564 g/mol. The van der Waals surface area contributed by atoms with Crippen LogP contribution in [-0.4, -0.2) is 51.8 Å². The summed E-state index contributed by atoms with van der Waals surface area (Å²) in [6.45, 7) is 6.46. The van der Waals surface area contributed by atoms with Gasteiger partial charge in [0.25, 0.3) is 0 Å². The Bertz CT molecular complexity index is 1480. The Hall–Kier alpha value is -3.56. The average molecular weight is 597 g/mol. The minimum atomic E-state index is -1.37. The maximum atomic E-state index is 14.2. The van der Waals surface area contributed by atoms with Crippen LogP contribution in [0.25, 0.3) is 10.8 Å². The lowest BCUT2D eigenvalue weighted by Gasteiger charge is -2.32. The first kappa shape index (κ1) is 30.4. The summed E-state index contributed by atoms with van der Waals surface area (Å²) in [5.74, 6) is -3.38. The standard InChI is InChI=1S/C31H33ClN2O6S/c1-31(2,3)17-34-24-13-11-19(32)15-22(24)28(21-10-6-8-18-7-4-5-9-20(18)21)41-25(29(34)38)16-26(35)33-23(30(39)40)12-14-27(36)37/h4-11,13,15,23,25,28H,12,14,16-17H2,1-3H3,(H,33,35)(H,36,37)(H,39,40)/t23-,25-,28-/m0/s1. The SMILES string of the molecule is CC(C)(C)CN1C(=O)[C@H](CC(=O)N[C@@H](CCC(=O)O)C(=O)O)S[C@@H](c2cccc3ccccc23)c2cc(Cl)ccc21. The molecule has 0 spiro atoms. The summed E-state index contributed by atoms with van der Waals surface area (Å²) in [4.78, 5) is 51.8. The molecule has 216 valence electrons. The first-order valence-corrected chi connectivity index (χ1v) is 14.6. The van der Waals surface area contributed by atoms with Gasteiger partial charge in [-0.1, -0.05) is 74.8 Å². The molecule has 1 aliphatic heterocycles. The number of amides is 2. The summed E-state index contributed by atoms with van der Waals surface area (Å²) >= 11 is 7.84. The summed E-state index contributed by atoms with van der Waals surface area (Å²) in [5.41, 5.74) is 2.27. The van der Waals surface area contributed by atoms with Crippen molar-refractivity contribution in [1.29, 1.82) is 0 Å². The van der Waals surface area contributed by atoms with Gasteiger partial charge in [-0.05, 0) is 51.9 Å². The number of carboxylic acid groups (broad SMARTS) is 2.